The Balaban J connectivity index is 2.51. The number of rotatable bonds is 10. The molecule has 2 N–H and O–H groups in total. The normalized spacial score (nSPS) is 12.1. The molecule has 1 rings (SSSR count). The fourth-order valence-corrected chi connectivity index (χ4v) is 2.53. The quantitative estimate of drug-likeness (QED) is 0.687. The molecule has 0 radical (unpaired) electrons. The lowest BCUT2D eigenvalue weighted by molar-refractivity contribution is -0.142. The SMILES string of the molecule is CCN(CC(=O)NC(CCSC)C(=O)O)Cc1ccccc1. The van der Waals surface area contributed by atoms with Gasteiger partial charge >= 0.3 is 5.97 Å². The maximum atomic E-state index is 12.1. The summed E-state index contributed by atoms with van der Waals surface area (Å²) < 4.78 is 0. The third kappa shape index (κ3) is 6.95. The Labute approximate surface area is 136 Å². The summed E-state index contributed by atoms with van der Waals surface area (Å²) in [4.78, 5) is 25.2. The zero-order valence-corrected chi connectivity index (χ0v) is 13.9. The Hall–Kier alpha value is -1.53. The van der Waals surface area contributed by atoms with Gasteiger partial charge in [-0.1, -0.05) is 37.3 Å². The number of nitrogens with one attached hydrogen (secondary N) is 1. The molecule has 1 unspecified atom stereocenters. The molecule has 0 aromatic heterocycles. The summed E-state index contributed by atoms with van der Waals surface area (Å²) in [7, 11) is 0. The van der Waals surface area contributed by atoms with Crippen LogP contribution in [0, 0.1) is 0 Å². The average Bonchev–Trinajstić information content (AvgIpc) is 2.51. The Morgan fingerprint density at radius 1 is 1.32 bits per heavy atom. The van der Waals surface area contributed by atoms with E-state index in [0.717, 1.165) is 12.1 Å². The Bertz CT molecular complexity index is 468. The number of benzene rings is 1. The van der Waals surface area contributed by atoms with Crippen LogP contribution in [-0.4, -0.2) is 53.0 Å². The summed E-state index contributed by atoms with van der Waals surface area (Å²) in [5.41, 5.74) is 1.13. The van der Waals surface area contributed by atoms with Crippen LogP contribution in [0.2, 0.25) is 0 Å². The molecule has 1 aromatic carbocycles. The van der Waals surface area contributed by atoms with Crippen molar-refractivity contribution < 1.29 is 14.7 Å². The predicted molar refractivity (Wildman–Crippen MR) is 90.0 cm³/mol. The molecule has 0 aliphatic carbocycles. The number of carboxylic acids is 1. The molecule has 22 heavy (non-hydrogen) atoms. The van der Waals surface area contributed by atoms with Crippen molar-refractivity contribution in [3.05, 3.63) is 35.9 Å². The molecule has 1 amide bonds. The van der Waals surface area contributed by atoms with Crippen LogP contribution in [0.5, 0.6) is 0 Å². The first-order valence-corrected chi connectivity index (χ1v) is 8.73. The number of thioether (sulfide) groups is 1. The van der Waals surface area contributed by atoms with Crippen molar-refractivity contribution in [2.45, 2.75) is 25.9 Å². The van der Waals surface area contributed by atoms with Gasteiger partial charge in [0.05, 0.1) is 6.54 Å². The standard InChI is InChI=1S/C16H24N2O3S/c1-3-18(11-13-7-5-4-6-8-13)12-15(19)17-14(16(20)21)9-10-22-2/h4-8,14H,3,9-12H2,1-2H3,(H,17,19)(H,20,21). The monoisotopic (exact) mass is 324 g/mol. The molecule has 0 aliphatic heterocycles. The number of carboxylic acid groups (broad SMARTS) is 1. The smallest absolute Gasteiger partial charge is 0.326 e. The van der Waals surface area contributed by atoms with E-state index in [1.54, 1.807) is 11.8 Å². The van der Waals surface area contributed by atoms with E-state index in [2.05, 4.69) is 5.32 Å². The zero-order valence-electron chi connectivity index (χ0n) is 13.1. The largest absolute Gasteiger partial charge is 0.480 e. The van der Waals surface area contributed by atoms with Gasteiger partial charge < -0.3 is 10.4 Å². The van der Waals surface area contributed by atoms with Gasteiger partial charge in [0.15, 0.2) is 0 Å². The highest BCUT2D eigenvalue weighted by molar-refractivity contribution is 7.98. The van der Waals surface area contributed by atoms with Crippen molar-refractivity contribution in [1.82, 2.24) is 10.2 Å². The Morgan fingerprint density at radius 3 is 2.55 bits per heavy atom. The summed E-state index contributed by atoms with van der Waals surface area (Å²) in [5, 5.41) is 11.7. The minimum absolute atomic E-state index is 0.203. The molecule has 1 atom stereocenters. The minimum Gasteiger partial charge on any atom is -0.480 e. The van der Waals surface area contributed by atoms with Crippen LogP contribution in [-0.2, 0) is 16.1 Å². The molecule has 122 valence electrons. The summed E-state index contributed by atoms with van der Waals surface area (Å²) in [6.07, 6.45) is 2.35. The Kier molecular flexibility index (Phi) is 8.62. The molecule has 0 bridgehead atoms. The first-order valence-electron chi connectivity index (χ1n) is 7.34. The second-order valence-electron chi connectivity index (χ2n) is 5.03. The van der Waals surface area contributed by atoms with E-state index in [0.29, 0.717) is 18.7 Å². The molecule has 0 fully saturated rings. The second-order valence-corrected chi connectivity index (χ2v) is 6.01. The summed E-state index contributed by atoms with van der Waals surface area (Å²) >= 11 is 1.57. The second kappa shape index (κ2) is 10.2. The van der Waals surface area contributed by atoms with Gasteiger partial charge in [-0.05, 0) is 30.5 Å². The van der Waals surface area contributed by atoms with Crippen LogP contribution < -0.4 is 5.32 Å². The maximum absolute atomic E-state index is 12.1. The van der Waals surface area contributed by atoms with Crippen molar-refractivity contribution in [2.75, 3.05) is 25.1 Å². The minimum atomic E-state index is -0.978. The number of aliphatic carboxylic acids is 1. The number of carbonyl (C=O) groups is 2. The molecule has 6 heteroatoms. The molecular formula is C16H24N2O3S. The maximum Gasteiger partial charge on any atom is 0.326 e. The number of hydrogen-bond donors (Lipinski definition) is 2. The topological polar surface area (TPSA) is 69.6 Å². The van der Waals surface area contributed by atoms with E-state index >= 15 is 0 Å². The first kappa shape index (κ1) is 18.5. The number of carbonyl (C=O) groups excluding carboxylic acids is 1. The fraction of sp³-hybridized carbons (Fsp3) is 0.500. The van der Waals surface area contributed by atoms with Crippen LogP contribution in [0.15, 0.2) is 30.3 Å². The predicted octanol–water partition coefficient (Wildman–Crippen LogP) is 1.83. The Morgan fingerprint density at radius 2 is 2.00 bits per heavy atom. The lowest BCUT2D eigenvalue weighted by atomic mass is 10.2. The lowest BCUT2D eigenvalue weighted by Crippen LogP contribution is -2.45. The van der Waals surface area contributed by atoms with Crippen LogP contribution in [0.25, 0.3) is 0 Å². The number of amides is 1. The third-order valence-electron chi connectivity index (χ3n) is 3.31. The first-order chi connectivity index (χ1) is 10.6. The van der Waals surface area contributed by atoms with E-state index in [9.17, 15) is 9.59 Å². The van der Waals surface area contributed by atoms with Crippen molar-refractivity contribution in [3.63, 3.8) is 0 Å². The van der Waals surface area contributed by atoms with E-state index in [1.165, 1.54) is 0 Å². The highest BCUT2D eigenvalue weighted by Crippen LogP contribution is 2.05. The van der Waals surface area contributed by atoms with Crippen molar-refractivity contribution >= 4 is 23.6 Å². The third-order valence-corrected chi connectivity index (χ3v) is 3.95. The lowest BCUT2D eigenvalue weighted by Gasteiger charge is -2.21. The molecule has 0 spiro atoms. The molecule has 0 saturated carbocycles. The van der Waals surface area contributed by atoms with Crippen LogP contribution >= 0.6 is 11.8 Å². The van der Waals surface area contributed by atoms with E-state index < -0.39 is 12.0 Å². The summed E-state index contributed by atoms with van der Waals surface area (Å²) in [5.74, 6) is -0.515. The summed E-state index contributed by atoms with van der Waals surface area (Å²) in [6.45, 7) is 3.59. The van der Waals surface area contributed by atoms with E-state index in [4.69, 9.17) is 5.11 Å². The van der Waals surface area contributed by atoms with Gasteiger partial charge in [0.1, 0.15) is 6.04 Å². The van der Waals surface area contributed by atoms with Gasteiger partial charge in [0, 0.05) is 6.54 Å². The van der Waals surface area contributed by atoms with Gasteiger partial charge in [-0.2, -0.15) is 11.8 Å². The van der Waals surface area contributed by atoms with Crippen molar-refractivity contribution in [3.8, 4) is 0 Å². The molecule has 5 nitrogen and oxygen atoms in total. The van der Waals surface area contributed by atoms with Crippen LogP contribution in [0.3, 0.4) is 0 Å². The molecule has 0 aliphatic rings. The van der Waals surface area contributed by atoms with Gasteiger partial charge in [-0.25, -0.2) is 4.79 Å². The number of hydrogen-bond acceptors (Lipinski definition) is 4. The molecule has 0 heterocycles. The van der Waals surface area contributed by atoms with Crippen molar-refractivity contribution in [1.29, 1.82) is 0 Å². The van der Waals surface area contributed by atoms with E-state index in [-0.39, 0.29) is 12.5 Å². The van der Waals surface area contributed by atoms with Gasteiger partial charge in [0.2, 0.25) is 5.91 Å². The molecule has 1 aromatic rings. The van der Waals surface area contributed by atoms with Crippen molar-refractivity contribution in [2.24, 2.45) is 0 Å². The average molecular weight is 324 g/mol. The van der Waals surface area contributed by atoms with Gasteiger partial charge in [-0.15, -0.1) is 0 Å². The van der Waals surface area contributed by atoms with Gasteiger partial charge in [0.25, 0.3) is 0 Å². The van der Waals surface area contributed by atoms with Crippen LogP contribution in [0.4, 0.5) is 0 Å². The van der Waals surface area contributed by atoms with E-state index in [1.807, 2.05) is 48.4 Å². The molecule has 0 saturated heterocycles. The zero-order chi connectivity index (χ0) is 16.4. The highest BCUT2D eigenvalue weighted by atomic mass is 32.2. The fourth-order valence-electron chi connectivity index (χ4n) is 2.06. The van der Waals surface area contributed by atoms with Crippen LogP contribution in [0.1, 0.15) is 18.9 Å². The molecular weight excluding hydrogens is 300 g/mol. The number of likely N-dealkylation sites (N-methyl/N-ethyl adjacent to an activating group) is 1. The summed E-state index contributed by atoms with van der Waals surface area (Å²) in [6, 6.07) is 9.10. The number of nitrogens with zero attached hydrogens (tertiary/aromatic N) is 1. The highest BCUT2D eigenvalue weighted by Gasteiger charge is 2.20. The van der Waals surface area contributed by atoms with Gasteiger partial charge in [-0.3, -0.25) is 9.69 Å².